The van der Waals surface area contributed by atoms with Crippen LogP contribution in [0.5, 0.6) is 0 Å². The zero-order valence-corrected chi connectivity index (χ0v) is 9.89. The summed E-state index contributed by atoms with van der Waals surface area (Å²) in [7, 11) is 0. The van der Waals surface area contributed by atoms with Gasteiger partial charge >= 0.3 is 0 Å². The number of nitrogens with zero attached hydrogens (tertiary/aromatic N) is 3. The van der Waals surface area contributed by atoms with E-state index in [1.165, 1.54) is 12.8 Å². The molecule has 0 bridgehead atoms. The Labute approximate surface area is 100 Å². The van der Waals surface area contributed by atoms with Gasteiger partial charge in [0, 0.05) is 13.1 Å². The Bertz CT molecular complexity index is 324. The summed E-state index contributed by atoms with van der Waals surface area (Å²) in [6.45, 7) is 4.21. The lowest BCUT2D eigenvalue weighted by Gasteiger charge is -2.24. The van der Waals surface area contributed by atoms with Crippen LogP contribution in [0.4, 0.5) is 5.95 Å². The molecule has 1 N–H and O–H groups in total. The molecule has 1 aromatic heterocycles. The molecule has 6 nitrogen and oxygen atoms in total. The van der Waals surface area contributed by atoms with Gasteiger partial charge in [0.2, 0.25) is 5.89 Å². The molecule has 0 aromatic carbocycles. The number of morpholine rings is 1. The molecule has 0 aliphatic carbocycles. The molecule has 0 saturated carbocycles. The standard InChI is InChI=1S/C11H18N4O2/c1-2-4-12-9(3-1)10-13-11(14-17-10)15-5-7-16-8-6-15/h9,12H,1-8H2/t9-/m1/s1. The molecule has 0 spiro atoms. The number of ether oxygens (including phenoxy) is 1. The highest BCUT2D eigenvalue weighted by atomic mass is 16.5. The van der Waals surface area contributed by atoms with Crippen LogP contribution in [-0.2, 0) is 4.74 Å². The number of rotatable bonds is 2. The fourth-order valence-corrected chi connectivity index (χ4v) is 2.32. The van der Waals surface area contributed by atoms with E-state index < -0.39 is 0 Å². The van der Waals surface area contributed by atoms with Crippen molar-refractivity contribution < 1.29 is 9.26 Å². The summed E-state index contributed by atoms with van der Waals surface area (Å²) in [6.07, 6.45) is 3.55. The van der Waals surface area contributed by atoms with E-state index in [2.05, 4.69) is 20.4 Å². The van der Waals surface area contributed by atoms with Gasteiger partial charge in [-0.2, -0.15) is 4.98 Å². The van der Waals surface area contributed by atoms with Crippen LogP contribution in [0, 0.1) is 0 Å². The van der Waals surface area contributed by atoms with Gasteiger partial charge in [0.05, 0.1) is 19.3 Å². The number of piperidine rings is 1. The molecule has 1 atom stereocenters. The molecule has 0 amide bonds. The van der Waals surface area contributed by atoms with Gasteiger partial charge in [-0.15, -0.1) is 0 Å². The van der Waals surface area contributed by atoms with Crippen LogP contribution in [0.25, 0.3) is 0 Å². The second-order valence-electron chi connectivity index (χ2n) is 4.53. The third-order valence-corrected chi connectivity index (χ3v) is 3.33. The molecule has 94 valence electrons. The van der Waals surface area contributed by atoms with E-state index in [1.807, 2.05) is 0 Å². The summed E-state index contributed by atoms with van der Waals surface area (Å²) in [5.41, 5.74) is 0. The smallest absolute Gasteiger partial charge is 0.266 e. The fraction of sp³-hybridized carbons (Fsp3) is 0.818. The molecule has 2 aliphatic heterocycles. The van der Waals surface area contributed by atoms with Crippen molar-refractivity contribution in [1.82, 2.24) is 15.5 Å². The number of anilines is 1. The Morgan fingerprint density at radius 1 is 1.24 bits per heavy atom. The Morgan fingerprint density at radius 2 is 2.12 bits per heavy atom. The average molecular weight is 238 g/mol. The van der Waals surface area contributed by atoms with Crippen LogP contribution in [0.1, 0.15) is 31.2 Å². The first-order chi connectivity index (χ1) is 8.43. The van der Waals surface area contributed by atoms with Gasteiger partial charge in [-0.1, -0.05) is 6.42 Å². The zero-order chi connectivity index (χ0) is 11.5. The number of nitrogens with one attached hydrogen (secondary N) is 1. The molecule has 6 heteroatoms. The third kappa shape index (κ3) is 2.42. The van der Waals surface area contributed by atoms with Crippen LogP contribution in [-0.4, -0.2) is 43.0 Å². The van der Waals surface area contributed by atoms with Gasteiger partial charge in [0.15, 0.2) is 0 Å². The van der Waals surface area contributed by atoms with Crippen molar-refractivity contribution in [3.05, 3.63) is 5.89 Å². The highest BCUT2D eigenvalue weighted by molar-refractivity contribution is 5.28. The molecule has 2 aliphatic rings. The van der Waals surface area contributed by atoms with Crippen molar-refractivity contribution in [3.63, 3.8) is 0 Å². The Hall–Kier alpha value is -1.14. The summed E-state index contributed by atoms with van der Waals surface area (Å²) in [6, 6.07) is 0.242. The predicted molar refractivity (Wildman–Crippen MR) is 61.9 cm³/mol. The van der Waals surface area contributed by atoms with Crippen molar-refractivity contribution in [1.29, 1.82) is 0 Å². The number of hydrogen-bond donors (Lipinski definition) is 1. The van der Waals surface area contributed by atoms with E-state index in [-0.39, 0.29) is 6.04 Å². The van der Waals surface area contributed by atoms with E-state index in [0.717, 1.165) is 45.2 Å². The van der Waals surface area contributed by atoms with Gasteiger partial charge in [-0.05, 0) is 24.5 Å². The van der Waals surface area contributed by atoms with Crippen molar-refractivity contribution in [3.8, 4) is 0 Å². The van der Waals surface area contributed by atoms with E-state index in [1.54, 1.807) is 0 Å². The first-order valence-corrected chi connectivity index (χ1v) is 6.33. The predicted octanol–water partition coefficient (Wildman–Crippen LogP) is 0.721. The van der Waals surface area contributed by atoms with Crippen LogP contribution in [0.3, 0.4) is 0 Å². The summed E-state index contributed by atoms with van der Waals surface area (Å²) in [5.74, 6) is 1.43. The number of aromatic nitrogens is 2. The third-order valence-electron chi connectivity index (χ3n) is 3.33. The SMILES string of the molecule is C1CC[C@H](c2nc(N3CCOCC3)no2)NC1. The largest absolute Gasteiger partial charge is 0.378 e. The van der Waals surface area contributed by atoms with E-state index in [0.29, 0.717) is 5.95 Å². The first kappa shape index (κ1) is 11.0. The molecule has 0 unspecified atom stereocenters. The lowest BCUT2D eigenvalue weighted by atomic mass is 10.1. The monoisotopic (exact) mass is 238 g/mol. The van der Waals surface area contributed by atoms with Crippen molar-refractivity contribution in [2.24, 2.45) is 0 Å². The maximum Gasteiger partial charge on any atom is 0.266 e. The number of hydrogen-bond acceptors (Lipinski definition) is 6. The summed E-state index contributed by atoms with van der Waals surface area (Å²) in [5, 5.41) is 7.47. The zero-order valence-electron chi connectivity index (χ0n) is 9.89. The normalized spacial score (nSPS) is 26.1. The quantitative estimate of drug-likeness (QED) is 0.819. The molecule has 3 rings (SSSR count). The first-order valence-electron chi connectivity index (χ1n) is 6.33. The van der Waals surface area contributed by atoms with Crippen LogP contribution < -0.4 is 10.2 Å². The van der Waals surface area contributed by atoms with Gasteiger partial charge in [-0.3, -0.25) is 0 Å². The van der Waals surface area contributed by atoms with Crippen molar-refractivity contribution in [2.75, 3.05) is 37.7 Å². The minimum atomic E-state index is 0.242. The van der Waals surface area contributed by atoms with E-state index in [9.17, 15) is 0 Å². The van der Waals surface area contributed by atoms with Crippen LogP contribution in [0.2, 0.25) is 0 Å². The molecular formula is C11H18N4O2. The summed E-state index contributed by atoms with van der Waals surface area (Å²) in [4.78, 5) is 6.60. The summed E-state index contributed by atoms with van der Waals surface area (Å²) < 4.78 is 10.7. The highest BCUT2D eigenvalue weighted by Crippen LogP contribution is 2.23. The minimum Gasteiger partial charge on any atom is -0.378 e. The molecule has 2 fully saturated rings. The van der Waals surface area contributed by atoms with Gasteiger partial charge in [0.1, 0.15) is 0 Å². The maximum absolute atomic E-state index is 5.35. The second-order valence-corrected chi connectivity index (χ2v) is 4.53. The van der Waals surface area contributed by atoms with Crippen molar-refractivity contribution in [2.45, 2.75) is 25.3 Å². The molecule has 2 saturated heterocycles. The molecule has 1 aromatic rings. The summed E-state index contributed by atoms with van der Waals surface area (Å²) >= 11 is 0. The Kier molecular flexibility index (Phi) is 3.24. The lowest BCUT2D eigenvalue weighted by molar-refractivity contribution is 0.121. The maximum atomic E-state index is 5.35. The Morgan fingerprint density at radius 3 is 2.88 bits per heavy atom. The topological polar surface area (TPSA) is 63.4 Å². The van der Waals surface area contributed by atoms with Gasteiger partial charge in [0.25, 0.3) is 5.95 Å². The molecule has 3 heterocycles. The van der Waals surface area contributed by atoms with Gasteiger partial charge in [-0.25, -0.2) is 0 Å². The highest BCUT2D eigenvalue weighted by Gasteiger charge is 2.23. The van der Waals surface area contributed by atoms with Crippen LogP contribution >= 0.6 is 0 Å². The average Bonchev–Trinajstić information content (AvgIpc) is 2.90. The van der Waals surface area contributed by atoms with Crippen LogP contribution in [0.15, 0.2) is 4.52 Å². The molecule has 17 heavy (non-hydrogen) atoms. The lowest BCUT2D eigenvalue weighted by Crippen LogP contribution is -2.37. The van der Waals surface area contributed by atoms with Gasteiger partial charge < -0.3 is 19.5 Å². The Balaban J connectivity index is 1.68. The van der Waals surface area contributed by atoms with E-state index >= 15 is 0 Å². The molecule has 0 radical (unpaired) electrons. The minimum absolute atomic E-state index is 0.242. The van der Waals surface area contributed by atoms with Crippen molar-refractivity contribution >= 4 is 5.95 Å². The second kappa shape index (κ2) is 5.01. The van der Waals surface area contributed by atoms with E-state index in [4.69, 9.17) is 9.26 Å². The molecular weight excluding hydrogens is 220 g/mol. The fourth-order valence-electron chi connectivity index (χ4n) is 2.32.